The lowest BCUT2D eigenvalue weighted by Crippen LogP contribution is -2.05. The topological polar surface area (TPSA) is 91.7 Å². The van der Waals surface area contributed by atoms with E-state index in [4.69, 9.17) is 14.6 Å². The summed E-state index contributed by atoms with van der Waals surface area (Å²) in [4.78, 5) is 12.4. The summed E-state index contributed by atoms with van der Waals surface area (Å²) in [7, 11) is 1.52. The molecule has 0 unspecified atom stereocenters. The summed E-state index contributed by atoms with van der Waals surface area (Å²) in [6, 6.07) is 12.1. The Morgan fingerprint density at radius 1 is 1.27 bits per heavy atom. The van der Waals surface area contributed by atoms with Crippen LogP contribution in [-0.2, 0) is 11.2 Å². The predicted molar refractivity (Wildman–Crippen MR) is 97.2 cm³/mol. The minimum atomic E-state index is -0.328. The van der Waals surface area contributed by atoms with Crippen molar-refractivity contribution in [2.75, 3.05) is 19.0 Å². The number of halogens is 1. The molecule has 0 fully saturated rings. The molecule has 0 spiro atoms. The number of benzene rings is 2. The molecule has 0 radical (unpaired) electrons. The number of fused-ring (bicyclic) bond motifs is 1. The number of rotatable bonds is 5. The summed E-state index contributed by atoms with van der Waals surface area (Å²) in [5.41, 5.74) is 2.19. The molecule has 26 heavy (non-hydrogen) atoms. The quantitative estimate of drug-likeness (QED) is 0.605. The third-order valence-electron chi connectivity index (χ3n) is 3.69. The van der Waals surface area contributed by atoms with Gasteiger partial charge in [-0.3, -0.25) is 9.78 Å². The van der Waals surface area contributed by atoms with Crippen LogP contribution in [0.2, 0.25) is 0 Å². The van der Waals surface area contributed by atoms with Gasteiger partial charge in [0.1, 0.15) is 11.3 Å². The standard InChI is InChI=1S/C18H17FN2O2.CH2O2/c1-23-17-6-5-12(11-16(17)22)7-9-20-15-8-10-21-18-13(15)3-2-4-14(18)19;2-1-3/h2-6,8,10-11,22H,7,9H2,1H3,(H,20,21);1H,(H,2,3). The molecule has 0 saturated heterocycles. The van der Waals surface area contributed by atoms with Crippen molar-refractivity contribution < 1.29 is 24.1 Å². The Bertz CT molecular complexity index is 887. The third-order valence-corrected chi connectivity index (χ3v) is 3.69. The van der Waals surface area contributed by atoms with Crippen molar-refractivity contribution in [3.63, 3.8) is 0 Å². The van der Waals surface area contributed by atoms with Crippen LogP contribution < -0.4 is 10.1 Å². The first-order valence-electron chi connectivity index (χ1n) is 7.81. The second-order valence-corrected chi connectivity index (χ2v) is 5.28. The van der Waals surface area contributed by atoms with Crippen molar-refractivity contribution in [2.24, 2.45) is 0 Å². The monoisotopic (exact) mass is 358 g/mol. The number of hydrogen-bond donors (Lipinski definition) is 3. The normalized spacial score (nSPS) is 9.92. The van der Waals surface area contributed by atoms with E-state index >= 15 is 0 Å². The Morgan fingerprint density at radius 2 is 2.04 bits per heavy atom. The summed E-state index contributed by atoms with van der Waals surface area (Å²) in [5.74, 6) is 0.255. The van der Waals surface area contributed by atoms with Gasteiger partial charge in [-0.05, 0) is 36.2 Å². The zero-order valence-corrected chi connectivity index (χ0v) is 14.1. The number of nitrogens with zero attached hydrogens (tertiary/aromatic N) is 1. The smallest absolute Gasteiger partial charge is 0.290 e. The van der Waals surface area contributed by atoms with Gasteiger partial charge in [-0.15, -0.1) is 0 Å². The minimum absolute atomic E-state index is 0.126. The first-order valence-corrected chi connectivity index (χ1v) is 7.81. The average molecular weight is 358 g/mol. The van der Waals surface area contributed by atoms with Crippen LogP contribution in [-0.4, -0.2) is 35.3 Å². The number of para-hydroxylation sites is 1. The van der Waals surface area contributed by atoms with Gasteiger partial charge in [0.15, 0.2) is 11.5 Å². The predicted octanol–water partition coefficient (Wildman–Crippen LogP) is 3.44. The van der Waals surface area contributed by atoms with Crippen LogP contribution in [0.4, 0.5) is 10.1 Å². The fourth-order valence-corrected chi connectivity index (χ4v) is 2.53. The minimum Gasteiger partial charge on any atom is -0.504 e. The van der Waals surface area contributed by atoms with E-state index in [1.807, 2.05) is 18.2 Å². The largest absolute Gasteiger partial charge is 0.504 e. The van der Waals surface area contributed by atoms with Gasteiger partial charge in [0.05, 0.1) is 7.11 Å². The zero-order valence-electron chi connectivity index (χ0n) is 14.1. The number of nitrogens with one attached hydrogen (secondary N) is 1. The molecule has 0 amide bonds. The van der Waals surface area contributed by atoms with Crippen molar-refractivity contribution in [2.45, 2.75) is 6.42 Å². The molecule has 1 heterocycles. The Morgan fingerprint density at radius 3 is 2.73 bits per heavy atom. The summed E-state index contributed by atoms with van der Waals surface area (Å²) >= 11 is 0. The second-order valence-electron chi connectivity index (χ2n) is 5.28. The molecule has 6 nitrogen and oxygen atoms in total. The van der Waals surface area contributed by atoms with Gasteiger partial charge in [-0.2, -0.15) is 0 Å². The molecule has 0 saturated carbocycles. The molecule has 136 valence electrons. The molecular weight excluding hydrogens is 339 g/mol. The molecule has 0 atom stereocenters. The van der Waals surface area contributed by atoms with E-state index in [0.717, 1.165) is 23.1 Å². The highest BCUT2D eigenvalue weighted by molar-refractivity contribution is 5.91. The van der Waals surface area contributed by atoms with Crippen LogP contribution in [0.1, 0.15) is 5.56 Å². The second kappa shape index (κ2) is 9.22. The van der Waals surface area contributed by atoms with Gasteiger partial charge in [-0.25, -0.2) is 4.39 Å². The molecule has 0 aliphatic heterocycles. The molecule has 0 bridgehead atoms. The fourth-order valence-electron chi connectivity index (χ4n) is 2.53. The van der Waals surface area contributed by atoms with Gasteiger partial charge in [0.25, 0.3) is 6.47 Å². The number of phenolic OH excluding ortho intramolecular Hbond substituents is 1. The maximum atomic E-state index is 13.7. The number of ether oxygens (including phenoxy) is 1. The van der Waals surface area contributed by atoms with E-state index in [2.05, 4.69) is 10.3 Å². The molecular formula is C19H19FN2O4. The Kier molecular flexibility index (Phi) is 6.73. The maximum Gasteiger partial charge on any atom is 0.290 e. The van der Waals surface area contributed by atoms with E-state index in [-0.39, 0.29) is 18.0 Å². The van der Waals surface area contributed by atoms with E-state index in [9.17, 15) is 9.50 Å². The summed E-state index contributed by atoms with van der Waals surface area (Å²) in [6.45, 7) is 0.404. The summed E-state index contributed by atoms with van der Waals surface area (Å²) in [5, 5.41) is 20.7. The lowest BCUT2D eigenvalue weighted by molar-refractivity contribution is -0.122. The van der Waals surface area contributed by atoms with Gasteiger partial charge in [0.2, 0.25) is 0 Å². The Labute approximate surface area is 149 Å². The maximum absolute atomic E-state index is 13.7. The zero-order chi connectivity index (χ0) is 18.9. The third kappa shape index (κ3) is 4.60. The molecule has 1 aromatic heterocycles. The van der Waals surface area contributed by atoms with Crippen molar-refractivity contribution in [1.29, 1.82) is 0 Å². The molecule has 3 aromatic rings. The Hall–Kier alpha value is -3.35. The number of phenols is 1. The summed E-state index contributed by atoms with van der Waals surface area (Å²) < 4.78 is 18.8. The van der Waals surface area contributed by atoms with E-state index < -0.39 is 0 Å². The number of methoxy groups -OCH3 is 1. The fraction of sp³-hybridized carbons (Fsp3) is 0.158. The number of anilines is 1. The number of carbonyl (C=O) groups is 1. The van der Waals surface area contributed by atoms with Crippen LogP contribution in [0.3, 0.4) is 0 Å². The number of carboxylic acid groups (broad SMARTS) is 1. The van der Waals surface area contributed by atoms with Crippen molar-refractivity contribution in [1.82, 2.24) is 4.98 Å². The van der Waals surface area contributed by atoms with Gasteiger partial charge in [-0.1, -0.05) is 18.2 Å². The van der Waals surface area contributed by atoms with Crippen LogP contribution in [0, 0.1) is 5.82 Å². The number of aromatic hydroxyl groups is 1. The molecule has 0 aliphatic carbocycles. The Balaban J connectivity index is 0.000000758. The average Bonchev–Trinajstić information content (AvgIpc) is 2.63. The highest BCUT2D eigenvalue weighted by Crippen LogP contribution is 2.27. The van der Waals surface area contributed by atoms with Gasteiger partial charge in [0, 0.05) is 23.8 Å². The van der Waals surface area contributed by atoms with Gasteiger partial charge < -0.3 is 20.3 Å². The summed E-state index contributed by atoms with van der Waals surface area (Å²) in [6.07, 6.45) is 2.31. The SMILES string of the molecule is COc1ccc(CCNc2ccnc3c(F)cccc23)cc1O.O=CO. The highest BCUT2D eigenvalue weighted by Gasteiger charge is 2.06. The van der Waals surface area contributed by atoms with E-state index in [1.54, 1.807) is 24.4 Å². The first kappa shape index (κ1) is 19.0. The lowest BCUT2D eigenvalue weighted by atomic mass is 10.1. The molecule has 3 rings (SSSR count). The van der Waals surface area contributed by atoms with Crippen molar-refractivity contribution in [3.8, 4) is 11.5 Å². The van der Waals surface area contributed by atoms with Crippen LogP contribution in [0.15, 0.2) is 48.7 Å². The molecule has 0 aliphatic rings. The van der Waals surface area contributed by atoms with Crippen LogP contribution in [0.25, 0.3) is 10.9 Å². The molecule has 3 N–H and O–H groups in total. The van der Waals surface area contributed by atoms with E-state index in [0.29, 0.717) is 17.8 Å². The van der Waals surface area contributed by atoms with Crippen molar-refractivity contribution in [3.05, 3.63) is 60.0 Å². The first-order chi connectivity index (χ1) is 12.6. The van der Waals surface area contributed by atoms with Crippen LogP contribution in [0.5, 0.6) is 11.5 Å². The number of hydrogen-bond acceptors (Lipinski definition) is 5. The molecule has 2 aromatic carbocycles. The van der Waals surface area contributed by atoms with Crippen molar-refractivity contribution >= 4 is 23.1 Å². The van der Waals surface area contributed by atoms with Crippen LogP contribution >= 0.6 is 0 Å². The van der Waals surface area contributed by atoms with E-state index in [1.165, 1.54) is 13.2 Å². The number of aromatic nitrogens is 1. The highest BCUT2D eigenvalue weighted by atomic mass is 19.1. The number of pyridine rings is 1. The molecule has 7 heteroatoms. The van der Waals surface area contributed by atoms with Gasteiger partial charge >= 0.3 is 0 Å². The lowest BCUT2D eigenvalue weighted by Gasteiger charge is -2.10.